The molecule has 0 heterocycles. The van der Waals surface area contributed by atoms with Crippen LogP contribution in [0.25, 0.3) is 0 Å². The number of carbonyl (C=O) groups is 1. The quantitative estimate of drug-likeness (QED) is 0.478. The number of amides is 1. The molecule has 0 atom stereocenters. The molecule has 122 valence electrons. The molecule has 0 saturated carbocycles. The van der Waals surface area contributed by atoms with Crippen molar-refractivity contribution in [1.29, 1.82) is 5.26 Å². The third-order valence-electron chi connectivity index (χ3n) is 2.99. The fraction of sp³-hybridized carbons (Fsp3) is 0.118. The first-order valence-electron chi connectivity index (χ1n) is 7.06. The zero-order valence-corrected chi connectivity index (χ0v) is 13.5. The highest BCUT2D eigenvalue weighted by Gasteiger charge is 2.07. The number of hydrogen-bond acceptors (Lipinski definition) is 4. The monoisotopic (exact) mass is 342 g/mol. The van der Waals surface area contributed by atoms with Crippen molar-refractivity contribution in [3.05, 3.63) is 64.7 Å². The van der Waals surface area contributed by atoms with E-state index in [0.29, 0.717) is 16.3 Å². The fourth-order valence-electron chi connectivity index (χ4n) is 1.82. The Morgan fingerprint density at radius 3 is 2.62 bits per heavy atom. The first-order valence-corrected chi connectivity index (χ1v) is 7.44. The van der Waals surface area contributed by atoms with Gasteiger partial charge in [-0.05, 0) is 29.8 Å². The van der Waals surface area contributed by atoms with Crippen LogP contribution in [0.15, 0.2) is 53.7 Å². The Morgan fingerprint density at radius 2 is 1.96 bits per heavy atom. The molecule has 2 aromatic rings. The van der Waals surface area contributed by atoms with Crippen molar-refractivity contribution in [1.82, 2.24) is 0 Å². The molecule has 0 aromatic heterocycles. The van der Waals surface area contributed by atoms with Crippen LogP contribution in [0, 0.1) is 11.3 Å². The van der Waals surface area contributed by atoms with Gasteiger partial charge in [0, 0.05) is 0 Å². The molecular formula is C17H15ClN4O2. The lowest BCUT2D eigenvalue weighted by Crippen LogP contribution is -2.22. The second-order valence-corrected chi connectivity index (χ2v) is 5.28. The number of anilines is 1. The number of para-hydroxylation sites is 1. The summed E-state index contributed by atoms with van der Waals surface area (Å²) in [6.07, 6.45) is -0.113. The van der Waals surface area contributed by atoms with E-state index >= 15 is 0 Å². The first-order chi connectivity index (χ1) is 11.6. The Bertz CT molecular complexity index is 782. The van der Waals surface area contributed by atoms with Crippen LogP contribution in [0.3, 0.4) is 0 Å². The maximum Gasteiger partial charge on any atom is 0.232 e. The van der Waals surface area contributed by atoms with Crippen LogP contribution < -0.4 is 11.1 Å². The van der Waals surface area contributed by atoms with Crippen LogP contribution in [-0.4, -0.2) is 11.7 Å². The van der Waals surface area contributed by atoms with Crippen LogP contribution in [0.5, 0.6) is 0 Å². The van der Waals surface area contributed by atoms with E-state index in [9.17, 15) is 4.79 Å². The van der Waals surface area contributed by atoms with E-state index in [4.69, 9.17) is 27.4 Å². The molecule has 0 aliphatic carbocycles. The number of nitrogens with one attached hydrogen (secondary N) is 1. The van der Waals surface area contributed by atoms with Crippen molar-refractivity contribution in [3.8, 4) is 6.07 Å². The molecule has 6 nitrogen and oxygen atoms in total. The van der Waals surface area contributed by atoms with E-state index in [0.717, 1.165) is 5.56 Å². The topological polar surface area (TPSA) is 100 Å². The number of rotatable bonds is 6. The molecule has 0 unspecified atom stereocenters. The maximum atomic E-state index is 11.9. The third-order valence-corrected chi connectivity index (χ3v) is 3.32. The minimum Gasteiger partial charge on any atom is -0.390 e. The first kappa shape index (κ1) is 17.3. The van der Waals surface area contributed by atoms with Gasteiger partial charge in [0.05, 0.1) is 28.8 Å². The predicted molar refractivity (Wildman–Crippen MR) is 92.3 cm³/mol. The lowest BCUT2D eigenvalue weighted by atomic mass is 10.2. The molecule has 7 heteroatoms. The van der Waals surface area contributed by atoms with Gasteiger partial charge in [0.2, 0.25) is 5.91 Å². The summed E-state index contributed by atoms with van der Waals surface area (Å²) >= 11 is 5.96. The fourth-order valence-corrected chi connectivity index (χ4v) is 2.00. The van der Waals surface area contributed by atoms with E-state index in [1.54, 1.807) is 48.5 Å². The van der Waals surface area contributed by atoms with Crippen molar-refractivity contribution in [3.63, 3.8) is 0 Å². The second kappa shape index (κ2) is 8.56. The molecule has 24 heavy (non-hydrogen) atoms. The Hall–Kier alpha value is -3.04. The van der Waals surface area contributed by atoms with E-state index in [-0.39, 0.29) is 24.8 Å². The molecule has 2 aromatic carbocycles. The minimum atomic E-state index is -0.341. The molecule has 0 spiro atoms. The zero-order valence-electron chi connectivity index (χ0n) is 12.7. The highest BCUT2D eigenvalue weighted by atomic mass is 35.5. The molecule has 0 saturated heterocycles. The number of hydrogen-bond donors (Lipinski definition) is 2. The molecule has 0 aliphatic rings. The Labute approximate surface area is 144 Å². The molecule has 0 radical (unpaired) electrons. The summed E-state index contributed by atoms with van der Waals surface area (Å²) in [4.78, 5) is 17.0. The summed E-state index contributed by atoms with van der Waals surface area (Å²) in [5, 5.41) is 15.5. The number of nitrogens with two attached hydrogens (primary N) is 1. The molecule has 0 fully saturated rings. The van der Waals surface area contributed by atoms with Gasteiger partial charge in [-0.2, -0.15) is 5.26 Å². The lowest BCUT2D eigenvalue weighted by Gasteiger charge is -2.06. The molecular weight excluding hydrogens is 328 g/mol. The predicted octanol–water partition coefficient (Wildman–Crippen LogP) is 3.03. The number of benzene rings is 2. The summed E-state index contributed by atoms with van der Waals surface area (Å²) < 4.78 is 0. The number of nitrogens with zero attached hydrogens (tertiary/aromatic N) is 2. The number of amidine groups is 1. The van der Waals surface area contributed by atoms with Gasteiger partial charge in [-0.1, -0.05) is 41.0 Å². The summed E-state index contributed by atoms with van der Waals surface area (Å²) in [5.41, 5.74) is 7.58. The summed E-state index contributed by atoms with van der Waals surface area (Å²) in [5.74, 6) is -0.292. The Kier molecular flexibility index (Phi) is 6.17. The van der Waals surface area contributed by atoms with Gasteiger partial charge in [-0.25, -0.2) is 0 Å². The van der Waals surface area contributed by atoms with Crippen LogP contribution in [0.1, 0.15) is 17.5 Å². The standard InChI is InChI=1S/C17H15ClN4O2/c18-14-3-1-2-4-15(14)21-17(23)9-16(20)22-24-11-13-7-5-12(10-19)6-8-13/h1-8H,9,11H2,(H2,20,22)(H,21,23). The smallest absolute Gasteiger partial charge is 0.232 e. The molecule has 1 amide bonds. The van der Waals surface area contributed by atoms with Gasteiger partial charge in [0.25, 0.3) is 0 Å². The normalized spacial score (nSPS) is 10.8. The van der Waals surface area contributed by atoms with Crippen molar-refractivity contribution in [2.75, 3.05) is 5.32 Å². The summed E-state index contributed by atoms with van der Waals surface area (Å²) in [6.45, 7) is 0.193. The lowest BCUT2D eigenvalue weighted by molar-refractivity contribution is -0.115. The number of carbonyl (C=O) groups excluding carboxylic acids is 1. The molecule has 0 aliphatic heterocycles. The highest BCUT2D eigenvalue weighted by molar-refractivity contribution is 6.33. The summed E-state index contributed by atoms with van der Waals surface area (Å²) in [7, 11) is 0. The SMILES string of the molecule is N#Cc1ccc(CON=C(N)CC(=O)Nc2ccccc2Cl)cc1. The van der Waals surface area contributed by atoms with Gasteiger partial charge < -0.3 is 15.9 Å². The van der Waals surface area contributed by atoms with Crippen molar-refractivity contribution in [2.45, 2.75) is 13.0 Å². The van der Waals surface area contributed by atoms with Gasteiger partial charge in [-0.3, -0.25) is 4.79 Å². The zero-order chi connectivity index (χ0) is 17.4. The van der Waals surface area contributed by atoms with Gasteiger partial charge >= 0.3 is 0 Å². The number of nitriles is 1. The van der Waals surface area contributed by atoms with E-state index in [2.05, 4.69) is 10.5 Å². The average molecular weight is 343 g/mol. The Morgan fingerprint density at radius 1 is 1.25 bits per heavy atom. The second-order valence-electron chi connectivity index (χ2n) is 4.87. The third kappa shape index (κ3) is 5.30. The van der Waals surface area contributed by atoms with Crippen molar-refractivity contribution >= 4 is 29.0 Å². The van der Waals surface area contributed by atoms with E-state index in [1.165, 1.54) is 0 Å². The Balaban J connectivity index is 1.81. The number of oxime groups is 1. The molecule has 0 bridgehead atoms. The van der Waals surface area contributed by atoms with Gasteiger partial charge in [-0.15, -0.1) is 0 Å². The van der Waals surface area contributed by atoms with E-state index < -0.39 is 0 Å². The van der Waals surface area contributed by atoms with Crippen LogP contribution in [0.2, 0.25) is 5.02 Å². The minimum absolute atomic E-state index is 0.0493. The van der Waals surface area contributed by atoms with Crippen molar-refractivity contribution < 1.29 is 9.63 Å². The maximum absolute atomic E-state index is 11.9. The average Bonchev–Trinajstić information content (AvgIpc) is 2.57. The number of halogens is 1. The highest BCUT2D eigenvalue weighted by Crippen LogP contribution is 2.20. The van der Waals surface area contributed by atoms with Crippen LogP contribution in [-0.2, 0) is 16.2 Å². The largest absolute Gasteiger partial charge is 0.390 e. The van der Waals surface area contributed by atoms with Crippen LogP contribution in [0.4, 0.5) is 5.69 Å². The molecule has 2 rings (SSSR count). The van der Waals surface area contributed by atoms with Crippen LogP contribution >= 0.6 is 11.6 Å². The van der Waals surface area contributed by atoms with E-state index in [1.807, 2.05) is 6.07 Å². The van der Waals surface area contributed by atoms with Gasteiger partial charge in [0.1, 0.15) is 12.4 Å². The van der Waals surface area contributed by atoms with Crippen molar-refractivity contribution in [2.24, 2.45) is 10.9 Å². The molecule has 3 N–H and O–H groups in total. The van der Waals surface area contributed by atoms with Gasteiger partial charge in [0.15, 0.2) is 0 Å². The summed E-state index contributed by atoms with van der Waals surface area (Å²) in [6, 6.07) is 15.8.